The van der Waals surface area contributed by atoms with Crippen LogP contribution < -0.4 is 9.80 Å². The number of ketones is 1. The molecule has 2 aliphatic heterocycles. The summed E-state index contributed by atoms with van der Waals surface area (Å²) in [5.41, 5.74) is -0.711. The predicted molar refractivity (Wildman–Crippen MR) is 102 cm³/mol. The van der Waals surface area contributed by atoms with Gasteiger partial charge in [-0.3, -0.25) is 14.5 Å². The van der Waals surface area contributed by atoms with Crippen LogP contribution in [0.4, 0.5) is 5.69 Å². The van der Waals surface area contributed by atoms with Gasteiger partial charge in [0.05, 0.1) is 31.6 Å². The molecule has 0 spiro atoms. The molecule has 0 unspecified atom stereocenters. The van der Waals surface area contributed by atoms with Crippen LogP contribution in [0.2, 0.25) is 0 Å². The Morgan fingerprint density at radius 1 is 1.21 bits per heavy atom. The van der Waals surface area contributed by atoms with E-state index in [1.807, 2.05) is 12.1 Å². The number of nitrogens with one attached hydrogen (secondary N) is 1. The molecular weight excluding hydrogens is 360 g/mol. The number of benzene rings is 1. The van der Waals surface area contributed by atoms with E-state index in [1.54, 1.807) is 29.2 Å². The summed E-state index contributed by atoms with van der Waals surface area (Å²) in [5, 5.41) is 11.2. The molecule has 2 N–H and O–H groups in total. The van der Waals surface area contributed by atoms with E-state index in [4.69, 9.17) is 9.15 Å². The van der Waals surface area contributed by atoms with Crippen molar-refractivity contribution in [3.63, 3.8) is 0 Å². The molecule has 1 saturated heterocycles. The highest BCUT2D eigenvalue weighted by Crippen LogP contribution is 2.41. The Hall–Kier alpha value is -2.74. The molecule has 1 aromatic carbocycles. The van der Waals surface area contributed by atoms with E-state index < -0.39 is 11.5 Å². The molecule has 7 heteroatoms. The Morgan fingerprint density at radius 3 is 2.75 bits per heavy atom. The molecular formula is C21H23N2O5+. The van der Waals surface area contributed by atoms with Crippen molar-refractivity contribution in [1.29, 1.82) is 0 Å². The van der Waals surface area contributed by atoms with Gasteiger partial charge in [-0.1, -0.05) is 18.2 Å². The van der Waals surface area contributed by atoms with Crippen LogP contribution in [0.25, 0.3) is 6.08 Å². The van der Waals surface area contributed by atoms with Crippen molar-refractivity contribution >= 4 is 23.5 Å². The number of fused-ring (bicyclic) bond motifs is 1. The first-order valence-corrected chi connectivity index (χ1v) is 9.37. The topological polar surface area (TPSA) is 84.4 Å². The second-order valence-electron chi connectivity index (χ2n) is 7.12. The number of rotatable bonds is 6. The van der Waals surface area contributed by atoms with Crippen LogP contribution in [-0.2, 0) is 19.9 Å². The van der Waals surface area contributed by atoms with E-state index in [-0.39, 0.29) is 12.2 Å². The number of carbonyl (C=O) groups is 2. The lowest BCUT2D eigenvalue weighted by molar-refractivity contribution is -0.906. The molecule has 3 heterocycles. The number of amides is 1. The molecule has 1 aromatic heterocycles. The summed E-state index contributed by atoms with van der Waals surface area (Å²) in [6.45, 7) is 3.35. The number of morpholine rings is 1. The second kappa shape index (κ2) is 7.71. The molecule has 4 rings (SSSR count). The third-order valence-electron chi connectivity index (χ3n) is 5.23. The van der Waals surface area contributed by atoms with Crippen LogP contribution in [-0.4, -0.2) is 49.8 Å². The molecule has 28 heavy (non-hydrogen) atoms. The highest BCUT2D eigenvalue weighted by Gasteiger charge is 2.51. The van der Waals surface area contributed by atoms with Gasteiger partial charge in [-0.25, -0.2) is 0 Å². The highest BCUT2D eigenvalue weighted by molar-refractivity contribution is 6.10. The van der Waals surface area contributed by atoms with Gasteiger partial charge >= 0.3 is 0 Å². The molecule has 1 fully saturated rings. The van der Waals surface area contributed by atoms with E-state index in [0.717, 1.165) is 13.1 Å². The fraction of sp³-hybridized carbons (Fsp3) is 0.333. The van der Waals surface area contributed by atoms with Crippen LogP contribution in [0.5, 0.6) is 0 Å². The van der Waals surface area contributed by atoms with E-state index in [1.165, 1.54) is 23.3 Å². The Morgan fingerprint density at radius 2 is 2.00 bits per heavy atom. The van der Waals surface area contributed by atoms with Gasteiger partial charge in [0, 0.05) is 5.56 Å². The maximum Gasteiger partial charge on any atom is 0.268 e. The van der Waals surface area contributed by atoms with Gasteiger partial charge in [-0.15, -0.1) is 0 Å². The molecule has 1 atom stereocenters. The number of para-hydroxylation sites is 1. The lowest BCUT2D eigenvalue weighted by atomic mass is 9.90. The predicted octanol–water partition coefficient (Wildman–Crippen LogP) is 0.359. The van der Waals surface area contributed by atoms with Crippen LogP contribution in [0, 0.1) is 0 Å². The smallest absolute Gasteiger partial charge is 0.268 e. The minimum absolute atomic E-state index is 0.311. The minimum Gasteiger partial charge on any atom is -0.465 e. The average Bonchev–Trinajstić information content (AvgIpc) is 3.30. The van der Waals surface area contributed by atoms with Crippen molar-refractivity contribution in [2.24, 2.45) is 0 Å². The SMILES string of the molecule is O=C(/C=C/c1ccco1)C[C@@]1(O)C(=O)N(C[NH+]2CCOCC2)c2ccccc21. The molecule has 7 nitrogen and oxygen atoms in total. The third kappa shape index (κ3) is 3.52. The Labute approximate surface area is 162 Å². The van der Waals surface area contributed by atoms with Crippen LogP contribution in [0.1, 0.15) is 17.7 Å². The van der Waals surface area contributed by atoms with E-state index >= 15 is 0 Å². The monoisotopic (exact) mass is 383 g/mol. The highest BCUT2D eigenvalue weighted by atomic mass is 16.5. The molecule has 0 aliphatic carbocycles. The molecule has 2 aromatic rings. The van der Waals surface area contributed by atoms with Gasteiger partial charge in [-0.05, 0) is 30.4 Å². The van der Waals surface area contributed by atoms with Crippen LogP contribution in [0.3, 0.4) is 0 Å². The molecule has 2 aliphatic rings. The van der Waals surface area contributed by atoms with Gasteiger partial charge in [0.1, 0.15) is 18.8 Å². The van der Waals surface area contributed by atoms with Gasteiger partial charge in [0.2, 0.25) is 0 Å². The summed E-state index contributed by atoms with van der Waals surface area (Å²) in [6, 6.07) is 10.6. The van der Waals surface area contributed by atoms with E-state index in [2.05, 4.69) is 0 Å². The van der Waals surface area contributed by atoms with Gasteiger partial charge in [0.15, 0.2) is 18.1 Å². The standard InChI is InChI=1S/C21H22N2O5/c24-16(7-8-17-4-3-11-28-17)14-21(26)18-5-1-2-6-19(18)23(20(21)25)15-22-9-12-27-13-10-22/h1-8,11,26H,9-10,12-15H2/p+1/b8-7+/t21-/m0/s1. The van der Waals surface area contributed by atoms with Gasteiger partial charge in [-0.2, -0.15) is 0 Å². The number of hydrogen-bond donors (Lipinski definition) is 2. The summed E-state index contributed by atoms with van der Waals surface area (Å²) in [5.74, 6) is -0.258. The molecule has 0 bridgehead atoms. The lowest BCUT2D eigenvalue weighted by Gasteiger charge is -2.29. The number of aliphatic hydroxyl groups is 1. The van der Waals surface area contributed by atoms with Crippen LogP contribution >= 0.6 is 0 Å². The number of quaternary nitrogens is 1. The van der Waals surface area contributed by atoms with Crippen molar-refractivity contribution in [3.05, 3.63) is 60.1 Å². The zero-order chi connectivity index (χ0) is 19.6. The first kappa shape index (κ1) is 18.6. The Kier molecular flexibility index (Phi) is 5.13. The van der Waals surface area contributed by atoms with Crippen molar-refractivity contribution in [2.75, 3.05) is 37.9 Å². The maximum atomic E-state index is 13.2. The normalized spacial score (nSPS) is 22.8. The van der Waals surface area contributed by atoms with E-state index in [0.29, 0.717) is 36.9 Å². The molecule has 1 amide bonds. The Balaban J connectivity index is 1.55. The third-order valence-corrected chi connectivity index (χ3v) is 5.23. The fourth-order valence-corrected chi connectivity index (χ4v) is 3.75. The number of allylic oxidation sites excluding steroid dienone is 1. The second-order valence-corrected chi connectivity index (χ2v) is 7.12. The summed E-state index contributed by atoms with van der Waals surface area (Å²) >= 11 is 0. The summed E-state index contributed by atoms with van der Waals surface area (Å²) in [4.78, 5) is 28.4. The molecule has 146 valence electrons. The summed E-state index contributed by atoms with van der Waals surface area (Å²) < 4.78 is 10.5. The van der Waals surface area contributed by atoms with Crippen molar-refractivity contribution in [3.8, 4) is 0 Å². The van der Waals surface area contributed by atoms with Gasteiger partial charge < -0.3 is 19.2 Å². The van der Waals surface area contributed by atoms with Crippen molar-refractivity contribution in [1.82, 2.24) is 0 Å². The summed E-state index contributed by atoms with van der Waals surface area (Å²) in [6.07, 6.45) is 4.07. The number of carbonyl (C=O) groups excluding carboxylic acids is 2. The number of hydrogen-bond acceptors (Lipinski definition) is 5. The number of furan rings is 1. The molecule has 0 radical (unpaired) electrons. The Bertz CT molecular complexity index is 886. The zero-order valence-electron chi connectivity index (χ0n) is 15.5. The van der Waals surface area contributed by atoms with Crippen molar-refractivity contribution in [2.45, 2.75) is 12.0 Å². The number of anilines is 1. The first-order valence-electron chi connectivity index (χ1n) is 9.37. The quantitative estimate of drug-likeness (QED) is 0.704. The van der Waals surface area contributed by atoms with Gasteiger partial charge in [0.25, 0.3) is 5.91 Å². The van der Waals surface area contributed by atoms with Crippen LogP contribution in [0.15, 0.2) is 53.2 Å². The summed E-state index contributed by atoms with van der Waals surface area (Å²) in [7, 11) is 0. The molecule has 0 saturated carbocycles. The minimum atomic E-state index is -1.85. The number of nitrogens with zero attached hydrogens (tertiary/aromatic N) is 1. The average molecular weight is 383 g/mol. The largest absolute Gasteiger partial charge is 0.465 e. The van der Waals surface area contributed by atoms with E-state index in [9.17, 15) is 14.7 Å². The number of ether oxygens (including phenoxy) is 1. The maximum absolute atomic E-state index is 13.2. The first-order chi connectivity index (χ1) is 13.6. The zero-order valence-corrected chi connectivity index (χ0v) is 15.5. The lowest BCUT2D eigenvalue weighted by Crippen LogP contribution is -3.15. The fourth-order valence-electron chi connectivity index (χ4n) is 3.75. The van der Waals surface area contributed by atoms with Crippen molar-refractivity contribution < 1.29 is 28.7 Å².